The second-order valence-electron chi connectivity index (χ2n) is 5.94. The molecule has 2 fully saturated rings. The summed E-state index contributed by atoms with van der Waals surface area (Å²) >= 11 is 3.12. The fourth-order valence-electron chi connectivity index (χ4n) is 3.64. The normalized spacial score (nSPS) is 28.5. The van der Waals surface area contributed by atoms with Gasteiger partial charge in [-0.1, -0.05) is 6.42 Å². The minimum Gasteiger partial charge on any atom is -0.365 e. The largest absolute Gasteiger partial charge is 0.365 e. The van der Waals surface area contributed by atoms with Gasteiger partial charge in [-0.05, 0) is 46.7 Å². The van der Waals surface area contributed by atoms with Crippen LogP contribution in [0.5, 0.6) is 0 Å². The molecule has 1 heterocycles. The molecule has 3 rings (SSSR count). The van der Waals surface area contributed by atoms with Gasteiger partial charge in [-0.15, -0.1) is 0 Å². The topological polar surface area (TPSA) is 72.4 Å². The fourth-order valence-corrected chi connectivity index (χ4v) is 3.97. The summed E-state index contributed by atoms with van der Waals surface area (Å²) in [5.41, 5.74) is 6.49. The number of halogens is 2. The van der Waals surface area contributed by atoms with Crippen LogP contribution in [0, 0.1) is 27.8 Å². The highest BCUT2D eigenvalue weighted by molar-refractivity contribution is 9.10. The van der Waals surface area contributed by atoms with Crippen molar-refractivity contribution in [1.82, 2.24) is 0 Å². The van der Waals surface area contributed by atoms with Gasteiger partial charge in [0.2, 0.25) is 0 Å². The minimum atomic E-state index is -0.612. The summed E-state index contributed by atoms with van der Waals surface area (Å²) < 4.78 is 13.8. The summed E-state index contributed by atoms with van der Waals surface area (Å²) in [7, 11) is 0. The van der Waals surface area contributed by atoms with Crippen LogP contribution >= 0.6 is 15.9 Å². The van der Waals surface area contributed by atoms with Crippen molar-refractivity contribution in [3.63, 3.8) is 0 Å². The molecule has 2 N–H and O–H groups in total. The Hall–Kier alpha value is -1.21. The third-order valence-corrected chi connectivity index (χ3v) is 5.32. The molecule has 1 saturated heterocycles. The van der Waals surface area contributed by atoms with E-state index >= 15 is 0 Å². The molecule has 0 amide bonds. The molecule has 21 heavy (non-hydrogen) atoms. The van der Waals surface area contributed by atoms with Gasteiger partial charge in [0.25, 0.3) is 5.69 Å². The van der Waals surface area contributed by atoms with Crippen molar-refractivity contribution < 1.29 is 9.31 Å². The van der Waals surface area contributed by atoms with Gasteiger partial charge in [0, 0.05) is 19.1 Å². The van der Waals surface area contributed by atoms with E-state index in [2.05, 4.69) is 15.9 Å². The maximum absolute atomic E-state index is 13.6. The quantitative estimate of drug-likeness (QED) is 0.652. The van der Waals surface area contributed by atoms with Crippen molar-refractivity contribution in [2.75, 3.05) is 18.0 Å². The van der Waals surface area contributed by atoms with E-state index in [1.54, 1.807) is 0 Å². The summed E-state index contributed by atoms with van der Waals surface area (Å²) in [6.07, 6.45) is 3.25. The van der Waals surface area contributed by atoms with Crippen LogP contribution in [0.25, 0.3) is 0 Å². The van der Waals surface area contributed by atoms with Crippen LogP contribution in [-0.2, 0) is 0 Å². The number of nitro benzene ring substituents is 1. The minimum absolute atomic E-state index is 0.164. The van der Waals surface area contributed by atoms with Crippen LogP contribution in [0.15, 0.2) is 16.6 Å². The van der Waals surface area contributed by atoms with E-state index in [0.29, 0.717) is 24.1 Å². The van der Waals surface area contributed by atoms with Gasteiger partial charge in [0.15, 0.2) is 0 Å². The summed E-state index contributed by atoms with van der Waals surface area (Å²) in [5, 5.41) is 11.2. The van der Waals surface area contributed by atoms with Crippen LogP contribution in [0.2, 0.25) is 0 Å². The average molecular weight is 358 g/mol. The van der Waals surface area contributed by atoms with Crippen LogP contribution in [0.3, 0.4) is 0 Å². The lowest BCUT2D eigenvalue weighted by atomic mass is 9.78. The number of fused-ring (bicyclic) bond motifs is 1. The Kier molecular flexibility index (Phi) is 3.88. The third kappa shape index (κ3) is 2.64. The Labute approximate surface area is 130 Å². The molecule has 0 aromatic heterocycles. The van der Waals surface area contributed by atoms with E-state index in [-0.39, 0.29) is 16.2 Å². The zero-order chi connectivity index (χ0) is 15.1. The Morgan fingerprint density at radius 2 is 2.14 bits per heavy atom. The predicted molar refractivity (Wildman–Crippen MR) is 81.8 cm³/mol. The molecule has 114 valence electrons. The number of nitro groups is 1. The summed E-state index contributed by atoms with van der Waals surface area (Å²) in [6.45, 7) is 1.47. The Bertz CT molecular complexity index is 584. The maximum atomic E-state index is 13.6. The first-order valence-electron chi connectivity index (χ1n) is 7.11. The maximum Gasteiger partial charge on any atom is 0.295 e. The van der Waals surface area contributed by atoms with Crippen molar-refractivity contribution in [2.24, 2.45) is 17.6 Å². The molecule has 3 atom stereocenters. The number of hydrogen-bond donors (Lipinski definition) is 1. The molecule has 1 saturated carbocycles. The van der Waals surface area contributed by atoms with Crippen molar-refractivity contribution in [2.45, 2.75) is 25.3 Å². The van der Waals surface area contributed by atoms with E-state index in [9.17, 15) is 14.5 Å². The summed E-state index contributed by atoms with van der Waals surface area (Å²) in [5.74, 6) is 0.248. The number of nitrogens with two attached hydrogens (primary N) is 1. The van der Waals surface area contributed by atoms with Gasteiger partial charge in [0.1, 0.15) is 11.5 Å². The molecule has 7 heteroatoms. The highest BCUT2D eigenvalue weighted by Crippen LogP contribution is 2.41. The smallest absolute Gasteiger partial charge is 0.295 e. The molecule has 1 aliphatic heterocycles. The number of benzene rings is 1. The summed E-state index contributed by atoms with van der Waals surface area (Å²) in [6, 6.07) is 2.66. The molecule has 0 bridgehead atoms. The molecular formula is C14H17BrFN3O2. The van der Waals surface area contributed by atoms with Gasteiger partial charge < -0.3 is 10.6 Å². The first-order valence-corrected chi connectivity index (χ1v) is 7.90. The fraction of sp³-hybridized carbons (Fsp3) is 0.571. The molecule has 1 aromatic carbocycles. The second-order valence-corrected chi connectivity index (χ2v) is 6.79. The zero-order valence-electron chi connectivity index (χ0n) is 11.5. The number of anilines is 1. The van der Waals surface area contributed by atoms with E-state index in [1.165, 1.54) is 6.07 Å². The van der Waals surface area contributed by atoms with Crippen molar-refractivity contribution >= 4 is 27.3 Å². The molecule has 2 aliphatic rings. The van der Waals surface area contributed by atoms with Crippen LogP contribution < -0.4 is 10.6 Å². The van der Waals surface area contributed by atoms with Gasteiger partial charge in [-0.25, -0.2) is 4.39 Å². The lowest BCUT2D eigenvalue weighted by Gasteiger charge is -2.29. The zero-order valence-corrected chi connectivity index (χ0v) is 13.1. The van der Waals surface area contributed by atoms with E-state index in [1.807, 2.05) is 4.90 Å². The number of rotatable bonds is 2. The Balaban J connectivity index is 1.94. The van der Waals surface area contributed by atoms with E-state index in [4.69, 9.17) is 5.73 Å². The van der Waals surface area contributed by atoms with E-state index in [0.717, 1.165) is 31.9 Å². The monoisotopic (exact) mass is 357 g/mol. The molecule has 5 nitrogen and oxygen atoms in total. The standard InChI is InChI=1S/C14H17BrFN3O2/c15-10-4-13(14(19(20)21)5-11(10)16)18-6-8-2-1-3-12(17)9(8)7-18/h4-5,8-9,12H,1-3,6-7,17H2. The third-order valence-electron chi connectivity index (χ3n) is 4.71. The van der Waals surface area contributed by atoms with Gasteiger partial charge in [0.05, 0.1) is 15.5 Å². The highest BCUT2D eigenvalue weighted by Gasteiger charge is 2.40. The molecule has 0 spiro atoms. The van der Waals surface area contributed by atoms with Crippen LogP contribution in [0.1, 0.15) is 19.3 Å². The molecule has 1 aromatic rings. The Morgan fingerprint density at radius 1 is 1.38 bits per heavy atom. The van der Waals surface area contributed by atoms with Crippen LogP contribution in [0.4, 0.5) is 15.8 Å². The lowest BCUT2D eigenvalue weighted by Crippen LogP contribution is -2.38. The first-order chi connectivity index (χ1) is 9.97. The van der Waals surface area contributed by atoms with Gasteiger partial charge in [-0.3, -0.25) is 10.1 Å². The molecule has 3 unspecified atom stereocenters. The van der Waals surface area contributed by atoms with Crippen molar-refractivity contribution in [3.8, 4) is 0 Å². The van der Waals surface area contributed by atoms with Gasteiger partial charge in [-0.2, -0.15) is 0 Å². The predicted octanol–water partition coefficient (Wildman–Crippen LogP) is 3.06. The highest BCUT2D eigenvalue weighted by atomic mass is 79.9. The molecule has 1 aliphatic carbocycles. The molecular weight excluding hydrogens is 341 g/mol. The number of nitrogens with zero attached hydrogens (tertiary/aromatic N) is 2. The van der Waals surface area contributed by atoms with Crippen molar-refractivity contribution in [3.05, 3.63) is 32.5 Å². The second kappa shape index (κ2) is 5.53. The SMILES string of the molecule is NC1CCCC2CN(c3cc(Br)c(F)cc3[N+](=O)[O-])CC12. The first kappa shape index (κ1) is 14.7. The van der Waals surface area contributed by atoms with Crippen molar-refractivity contribution in [1.29, 1.82) is 0 Å². The summed E-state index contributed by atoms with van der Waals surface area (Å²) in [4.78, 5) is 12.7. The lowest BCUT2D eigenvalue weighted by molar-refractivity contribution is -0.384. The van der Waals surface area contributed by atoms with Crippen LogP contribution in [-0.4, -0.2) is 24.1 Å². The Morgan fingerprint density at radius 3 is 2.81 bits per heavy atom. The van der Waals surface area contributed by atoms with E-state index < -0.39 is 10.7 Å². The van der Waals surface area contributed by atoms with Gasteiger partial charge >= 0.3 is 0 Å². The average Bonchev–Trinajstić information content (AvgIpc) is 2.86. The molecule has 0 radical (unpaired) electrons. The number of hydrogen-bond acceptors (Lipinski definition) is 4.